The number of hydrogen-bond acceptors (Lipinski definition) is 6. The van der Waals surface area contributed by atoms with Crippen molar-refractivity contribution in [1.82, 2.24) is 19.3 Å². The van der Waals surface area contributed by atoms with E-state index in [1.54, 1.807) is 4.57 Å². The highest BCUT2D eigenvalue weighted by Crippen LogP contribution is 2.37. The molecule has 1 amide bonds. The van der Waals surface area contributed by atoms with Gasteiger partial charge in [-0.15, -0.1) is 16.4 Å². The van der Waals surface area contributed by atoms with Crippen molar-refractivity contribution in [3.8, 4) is 10.7 Å². The third kappa shape index (κ3) is 3.08. The zero-order chi connectivity index (χ0) is 18.4. The van der Waals surface area contributed by atoms with Gasteiger partial charge in [-0.1, -0.05) is 29.5 Å². The molecule has 3 heterocycles. The maximum absolute atomic E-state index is 12.8. The molecule has 0 saturated heterocycles. The predicted octanol–water partition coefficient (Wildman–Crippen LogP) is 3.36. The molecule has 1 fully saturated rings. The van der Waals surface area contributed by atoms with Crippen LogP contribution in [0.15, 0.2) is 46.6 Å². The lowest BCUT2D eigenvalue weighted by atomic mass is 10.3. The Kier molecular flexibility index (Phi) is 3.91. The highest BCUT2D eigenvalue weighted by Gasteiger charge is 2.31. The van der Waals surface area contributed by atoms with Gasteiger partial charge < -0.3 is 5.32 Å². The average molecular weight is 397 g/mol. The SMILES string of the molecule is O=C(Cn1nc(-c2cccs2)n(C2CC2)c1=O)Nc1nc2ccccc2s1. The van der Waals surface area contributed by atoms with Gasteiger partial charge in [0.15, 0.2) is 11.0 Å². The first-order chi connectivity index (χ1) is 13.2. The van der Waals surface area contributed by atoms with Gasteiger partial charge in [0.25, 0.3) is 0 Å². The summed E-state index contributed by atoms with van der Waals surface area (Å²) in [5.74, 6) is 0.333. The number of benzene rings is 1. The summed E-state index contributed by atoms with van der Waals surface area (Å²) < 4.78 is 3.97. The summed E-state index contributed by atoms with van der Waals surface area (Å²) in [7, 11) is 0. The van der Waals surface area contributed by atoms with Crippen molar-refractivity contribution in [2.45, 2.75) is 25.4 Å². The number of fused-ring (bicyclic) bond motifs is 1. The van der Waals surface area contributed by atoms with Crippen molar-refractivity contribution in [2.24, 2.45) is 0 Å². The molecule has 0 unspecified atom stereocenters. The van der Waals surface area contributed by atoms with Crippen LogP contribution < -0.4 is 11.0 Å². The van der Waals surface area contributed by atoms with Crippen LogP contribution in [0.1, 0.15) is 18.9 Å². The molecule has 0 bridgehead atoms. The number of amides is 1. The van der Waals surface area contributed by atoms with Crippen LogP contribution in [-0.4, -0.2) is 25.2 Å². The van der Waals surface area contributed by atoms with E-state index in [1.807, 2.05) is 41.8 Å². The third-order valence-corrected chi connectivity index (χ3v) is 6.18. The van der Waals surface area contributed by atoms with Crippen LogP contribution >= 0.6 is 22.7 Å². The van der Waals surface area contributed by atoms with Gasteiger partial charge in [0.2, 0.25) is 5.91 Å². The minimum absolute atomic E-state index is 0.132. The number of nitrogens with one attached hydrogen (secondary N) is 1. The highest BCUT2D eigenvalue weighted by molar-refractivity contribution is 7.22. The number of carbonyl (C=O) groups excluding carboxylic acids is 1. The van der Waals surface area contributed by atoms with E-state index in [1.165, 1.54) is 27.4 Å². The molecule has 1 aliphatic carbocycles. The molecule has 5 rings (SSSR count). The van der Waals surface area contributed by atoms with Crippen molar-refractivity contribution < 1.29 is 4.79 Å². The summed E-state index contributed by atoms with van der Waals surface area (Å²) >= 11 is 2.94. The van der Waals surface area contributed by atoms with Crippen LogP contribution in [0.4, 0.5) is 5.13 Å². The first kappa shape index (κ1) is 16.4. The molecular formula is C18H15N5O2S2. The van der Waals surface area contributed by atoms with Gasteiger partial charge in [-0.25, -0.2) is 14.5 Å². The first-order valence-electron chi connectivity index (χ1n) is 8.58. The molecule has 1 N–H and O–H groups in total. The largest absolute Gasteiger partial charge is 0.346 e. The van der Waals surface area contributed by atoms with E-state index in [-0.39, 0.29) is 24.2 Å². The van der Waals surface area contributed by atoms with Gasteiger partial charge in [0, 0.05) is 6.04 Å². The fourth-order valence-electron chi connectivity index (χ4n) is 2.98. The van der Waals surface area contributed by atoms with Crippen LogP contribution in [0, 0.1) is 0 Å². The lowest BCUT2D eigenvalue weighted by molar-refractivity contribution is -0.117. The zero-order valence-electron chi connectivity index (χ0n) is 14.2. The third-order valence-electron chi connectivity index (χ3n) is 4.36. The quantitative estimate of drug-likeness (QED) is 0.560. The van der Waals surface area contributed by atoms with E-state index < -0.39 is 0 Å². The molecule has 1 aliphatic rings. The summed E-state index contributed by atoms with van der Waals surface area (Å²) in [6, 6.07) is 11.8. The summed E-state index contributed by atoms with van der Waals surface area (Å²) in [6.07, 6.45) is 1.95. The van der Waals surface area contributed by atoms with Gasteiger partial charge in [0.05, 0.1) is 15.1 Å². The highest BCUT2D eigenvalue weighted by atomic mass is 32.1. The van der Waals surface area contributed by atoms with E-state index in [2.05, 4.69) is 15.4 Å². The maximum Gasteiger partial charge on any atom is 0.346 e. The van der Waals surface area contributed by atoms with E-state index in [4.69, 9.17) is 0 Å². The van der Waals surface area contributed by atoms with E-state index >= 15 is 0 Å². The second kappa shape index (κ2) is 6.43. The molecule has 0 atom stereocenters. The number of rotatable bonds is 5. The Labute approximate surface area is 161 Å². The maximum atomic E-state index is 12.8. The fourth-order valence-corrected chi connectivity index (χ4v) is 4.57. The second-order valence-electron chi connectivity index (χ2n) is 6.38. The van der Waals surface area contributed by atoms with E-state index in [0.29, 0.717) is 11.0 Å². The average Bonchev–Trinajstić information content (AvgIpc) is 3.06. The number of nitrogens with zero attached hydrogens (tertiary/aromatic N) is 4. The van der Waals surface area contributed by atoms with Crippen molar-refractivity contribution in [2.75, 3.05) is 5.32 Å². The molecule has 0 radical (unpaired) electrons. The standard InChI is InChI=1S/C18H15N5O2S2/c24-15(20-17-19-12-4-1-2-5-13(12)27-17)10-22-18(25)23(11-7-8-11)16(21-22)14-6-3-9-26-14/h1-6,9,11H,7-8,10H2,(H,19,20,24). The number of thiophene rings is 1. The van der Waals surface area contributed by atoms with Gasteiger partial charge in [-0.3, -0.25) is 9.36 Å². The summed E-state index contributed by atoms with van der Waals surface area (Å²) in [4.78, 5) is 30.6. The summed E-state index contributed by atoms with van der Waals surface area (Å²) in [5.41, 5.74) is 0.605. The van der Waals surface area contributed by atoms with Gasteiger partial charge >= 0.3 is 5.69 Å². The van der Waals surface area contributed by atoms with Gasteiger partial charge in [-0.05, 0) is 36.4 Å². The lowest BCUT2D eigenvalue weighted by Crippen LogP contribution is -2.29. The molecular weight excluding hydrogens is 382 g/mol. The smallest absolute Gasteiger partial charge is 0.300 e. The predicted molar refractivity (Wildman–Crippen MR) is 106 cm³/mol. The number of aromatic nitrogens is 4. The van der Waals surface area contributed by atoms with Crippen LogP contribution in [0.2, 0.25) is 0 Å². The van der Waals surface area contributed by atoms with Crippen LogP contribution in [0.3, 0.4) is 0 Å². The molecule has 1 saturated carbocycles. The number of carbonyl (C=O) groups is 1. The minimum Gasteiger partial charge on any atom is -0.300 e. The topological polar surface area (TPSA) is 81.8 Å². The molecule has 7 nitrogen and oxygen atoms in total. The lowest BCUT2D eigenvalue weighted by Gasteiger charge is -2.00. The van der Waals surface area contributed by atoms with Gasteiger partial charge in [0.1, 0.15) is 6.54 Å². The fraction of sp³-hybridized carbons (Fsp3) is 0.222. The molecule has 3 aromatic heterocycles. The Bertz CT molecular complexity index is 1150. The molecule has 0 spiro atoms. The van der Waals surface area contributed by atoms with Crippen molar-refractivity contribution in [1.29, 1.82) is 0 Å². The second-order valence-corrected chi connectivity index (χ2v) is 8.36. The number of hydrogen-bond donors (Lipinski definition) is 1. The van der Waals surface area contributed by atoms with Crippen LogP contribution in [0.25, 0.3) is 20.9 Å². The molecule has 9 heteroatoms. The minimum atomic E-state index is -0.311. The van der Waals surface area contributed by atoms with Crippen LogP contribution in [0.5, 0.6) is 0 Å². The molecule has 1 aromatic carbocycles. The summed E-state index contributed by atoms with van der Waals surface area (Å²) in [5, 5.41) is 9.69. The first-order valence-corrected chi connectivity index (χ1v) is 10.3. The Balaban J connectivity index is 1.41. The normalized spacial score (nSPS) is 13.9. The number of anilines is 1. The Morgan fingerprint density at radius 3 is 2.81 bits per heavy atom. The Morgan fingerprint density at radius 1 is 1.22 bits per heavy atom. The molecule has 27 heavy (non-hydrogen) atoms. The van der Waals surface area contributed by atoms with E-state index in [9.17, 15) is 9.59 Å². The van der Waals surface area contributed by atoms with Crippen molar-refractivity contribution in [3.63, 3.8) is 0 Å². The van der Waals surface area contributed by atoms with E-state index in [0.717, 1.165) is 27.9 Å². The Morgan fingerprint density at radius 2 is 2.07 bits per heavy atom. The van der Waals surface area contributed by atoms with Gasteiger partial charge in [-0.2, -0.15) is 0 Å². The zero-order valence-corrected chi connectivity index (χ0v) is 15.8. The monoisotopic (exact) mass is 397 g/mol. The Hall–Kier alpha value is -2.78. The molecule has 0 aliphatic heterocycles. The van der Waals surface area contributed by atoms with Crippen molar-refractivity contribution >= 4 is 43.9 Å². The number of para-hydroxylation sites is 1. The number of thiazole rings is 1. The molecule has 4 aromatic rings. The summed E-state index contributed by atoms with van der Waals surface area (Å²) in [6.45, 7) is -0.132. The molecule has 136 valence electrons. The van der Waals surface area contributed by atoms with Crippen LogP contribution in [-0.2, 0) is 11.3 Å². The van der Waals surface area contributed by atoms with Crippen molar-refractivity contribution in [3.05, 3.63) is 52.3 Å².